The van der Waals surface area contributed by atoms with Crippen LogP contribution in [0.15, 0.2) is 47.6 Å². The topological polar surface area (TPSA) is 59.3 Å². The van der Waals surface area contributed by atoms with E-state index in [-0.39, 0.29) is 5.91 Å². The van der Waals surface area contributed by atoms with Crippen LogP contribution in [-0.4, -0.2) is 21.2 Å². The molecule has 0 radical (unpaired) electrons. The second kappa shape index (κ2) is 6.75. The van der Waals surface area contributed by atoms with E-state index in [9.17, 15) is 4.79 Å². The summed E-state index contributed by atoms with van der Waals surface area (Å²) < 4.78 is 2.14. The number of carbonyl (C=O) groups is 1. The number of hydrazone groups is 1. The Balaban J connectivity index is 1.58. The highest BCUT2D eigenvalue weighted by Gasteiger charge is 2.16. The van der Waals surface area contributed by atoms with Gasteiger partial charge in [-0.1, -0.05) is 24.3 Å². The smallest absolute Gasteiger partial charge is 0.271 e. The van der Waals surface area contributed by atoms with E-state index in [4.69, 9.17) is 0 Å². The first kappa shape index (κ1) is 16.5. The first-order valence-electron chi connectivity index (χ1n) is 9.09. The maximum Gasteiger partial charge on any atom is 0.271 e. The van der Waals surface area contributed by atoms with Crippen molar-refractivity contribution in [3.8, 4) is 0 Å². The Kier molecular flexibility index (Phi) is 4.29. The third-order valence-corrected chi connectivity index (χ3v) is 5.00. The van der Waals surface area contributed by atoms with Gasteiger partial charge in [-0.15, -0.1) is 0 Å². The van der Waals surface area contributed by atoms with Gasteiger partial charge in [0, 0.05) is 17.7 Å². The van der Waals surface area contributed by atoms with Crippen LogP contribution in [0.2, 0.25) is 0 Å². The monoisotopic (exact) mass is 346 g/mol. The number of fused-ring (bicyclic) bond motifs is 2. The van der Waals surface area contributed by atoms with Gasteiger partial charge in [0.25, 0.3) is 5.91 Å². The van der Waals surface area contributed by atoms with Gasteiger partial charge in [-0.25, -0.2) is 10.4 Å². The molecule has 1 aliphatic rings. The summed E-state index contributed by atoms with van der Waals surface area (Å²) in [6.45, 7) is 4.93. The van der Waals surface area contributed by atoms with Gasteiger partial charge in [0.1, 0.15) is 5.82 Å². The first-order chi connectivity index (χ1) is 12.7. The summed E-state index contributed by atoms with van der Waals surface area (Å²) in [5, 5.41) is 4.41. The Morgan fingerprint density at radius 3 is 2.92 bits per heavy atom. The van der Waals surface area contributed by atoms with E-state index in [1.54, 1.807) is 0 Å². The summed E-state index contributed by atoms with van der Waals surface area (Å²) in [7, 11) is 0. The number of amides is 1. The fourth-order valence-electron chi connectivity index (χ4n) is 3.69. The molecule has 5 heteroatoms. The van der Waals surface area contributed by atoms with Crippen molar-refractivity contribution in [3.05, 3.63) is 65.0 Å². The molecule has 0 bridgehead atoms. The molecule has 1 heterocycles. The number of carbonyl (C=O) groups excluding carboxylic acids is 1. The molecule has 0 unspecified atom stereocenters. The fraction of sp³-hybridized carbons (Fsp3) is 0.286. The number of hydrogen-bond donors (Lipinski definition) is 1. The predicted octanol–water partition coefficient (Wildman–Crippen LogP) is 3.84. The number of imidazole rings is 1. The van der Waals surface area contributed by atoms with Crippen molar-refractivity contribution in [1.29, 1.82) is 0 Å². The lowest BCUT2D eigenvalue weighted by Crippen LogP contribution is -2.22. The number of aryl methyl sites for hydroxylation is 3. The largest absolute Gasteiger partial charge is 0.329 e. The summed E-state index contributed by atoms with van der Waals surface area (Å²) in [4.78, 5) is 17.1. The number of rotatable bonds is 3. The molecule has 4 rings (SSSR count). The van der Waals surface area contributed by atoms with Crippen LogP contribution in [-0.2, 0) is 13.0 Å². The van der Waals surface area contributed by atoms with E-state index < -0.39 is 0 Å². The number of nitrogens with zero attached hydrogens (tertiary/aromatic N) is 3. The molecule has 26 heavy (non-hydrogen) atoms. The molecule has 0 aliphatic heterocycles. The zero-order chi connectivity index (χ0) is 18.1. The molecule has 2 aromatic carbocycles. The molecule has 0 saturated carbocycles. The molecule has 3 aromatic rings. The van der Waals surface area contributed by atoms with Crippen LogP contribution >= 0.6 is 0 Å². The van der Waals surface area contributed by atoms with Crippen LogP contribution in [0.3, 0.4) is 0 Å². The van der Waals surface area contributed by atoms with Crippen molar-refractivity contribution in [3.63, 3.8) is 0 Å². The second-order valence-electron chi connectivity index (χ2n) is 6.62. The zero-order valence-corrected chi connectivity index (χ0v) is 15.1. The van der Waals surface area contributed by atoms with E-state index in [1.165, 1.54) is 5.56 Å². The highest BCUT2D eigenvalue weighted by Crippen LogP contribution is 2.21. The van der Waals surface area contributed by atoms with Gasteiger partial charge in [0.05, 0.1) is 16.7 Å². The lowest BCUT2D eigenvalue weighted by Gasteiger charge is -2.17. The third kappa shape index (κ3) is 2.90. The zero-order valence-electron chi connectivity index (χ0n) is 15.1. The van der Waals surface area contributed by atoms with Crippen LogP contribution in [0.4, 0.5) is 0 Å². The summed E-state index contributed by atoms with van der Waals surface area (Å²) >= 11 is 0. The van der Waals surface area contributed by atoms with E-state index >= 15 is 0 Å². The van der Waals surface area contributed by atoms with Crippen LogP contribution in [0, 0.1) is 6.92 Å². The molecule has 0 atom stereocenters. The van der Waals surface area contributed by atoms with Gasteiger partial charge in [-0.3, -0.25) is 4.79 Å². The van der Waals surface area contributed by atoms with Gasteiger partial charge in [0.15, 0.2) is 0 Å². The molecule has 1 N–H and O–H groups in total. The Bertz CT molecular complexity index is 1020. The highest BCUT2D eigenvalue weighted by atomic mass is 16.2. The van der Waals surface area contributed by atoms with Crippen LogP contribution in [0.25, 0.3) is 11.0 Å². The van der Waals surface area contributed by atoms with Gasteiger partial charge in [-0.2, -0.15) is 5.10 Å². The molecular weight excluding hydrogens is 324 g/mol. The van der Waals surface area contributed by atoms with Crippen molar-refractivity contribution in [2.75, 3.05) is 0 Å². The lowest BCUT2D eigenvalue weighted by molar-refractivity contribution is 0.0955. The van der Waals surface area contributed by atoms with Gasteiger partial charge < -0.3 is 4.57 Å². The van der Waals surface area contributed by atoms with Crippen molar-refractivity contribution in [2.24, 2.45) is 5.10 Å². The maximum atomic E-state index is 12.6. The van der Waals surface area contributed by atoms with E-state index in [2.05, 4.69) is 39.1 Å². The fourth-order valence-corrected chi connectivity index (χ4v) is 3.69. The maximum absolute atomic E-state index is 12.6. The van der Waals surface area contributed by atoms with Gasteiger partial charge in [0.2, 0.25) is 0 Å². The molecule has 0 fully saturated rings. The van der Waals surface area contributed by atoms with Crippen LogP contribution in [0.5, 0.6) is 0 Å². The third-order valence-electron chi connectivity index (χ3n) is 5.00. The molecule has 0 spiro atoms. The van der Waals surface area contributed by atoms with Crippen molar-refractivity contribution in [2.45, 2.75) is 39.7 Å². The number of aromatic nitrogens is 2. The highest BCUT2D eigenvalue weighted by molar-refractivity contribution is 6.04. The van der Waals surface area contributed by atoms with E-state index in [0.29, 0.717) is 5.56 Å². The lowest BCUT2D eigenvalue weighted by atomic mass is 9.90. The molecule has 0 saturated heterocycles. The average Bonchev–Trinajstić information content (AvgIpc) is 3.00. The van der Waals surface area contributed by atoms with Crippen LogP contribution in [0.1, 0.15) is 47.1 Å². The van der Waals surface area contributed by atoms with E-state index in [1.807, 2.05) is 37.3 Å². The van der Waals surface area contributed by atoms with Crippen molar-refractivity contribution >= 4 is 22.7 Å². The minimum Gasteiger partial charge on any atom is -0.329 e. The number of nitrogens with one attached hydrogen (secondary N) is 1. The summed E-state index contributed by atoms with van der Waals surface area (Å²) in [5.41, 5.74) is 8.59. The average molecular weight is 346 g/mol. The number of hydrogen-bond acceptors (Lipinski definition) is 3. The molecule has 1 amide bonds. The molecule has 5 nitrogen and oxygen atoms in total. The molecule has 132 valence electrons. The summed E-state index contributed by atoms with van der Waals surface area (Å²) in [6.07, 6.45) is 3.01. The predicted molar refractivity (Wildman–Crippen MR) is 104 cm³/mol. The SMILES string of the molecule is CCn1c(C)nc2cc(C(=O)NN=C3CCCc4ccccc43)ccc21. The molecular formula is C21H22N4O. The quantitative estimate of drug-likeness (QED) is 0.733. The Labute approximate surface area is 152 Å². The van der Waals surface area contributed by atoms with Gasteiger partial charge >= 0.3 is 0 Å². The Morgan fingerprint density at radius 1 is 1.23 bits per heavy atom. The first-order valence-corrected chi connectivity index (χ1v) is 9.09. The number of benzene rings is 2. The normalized spacial score (nSPS) is 15.2. The van der Waals surface area contributed by atoms with Crippen molar-refractivity contribution < 1.29 is 4.79 Å². The second-order valence-corrected chi connectivity index (χ2v) is 6.62. The Hall–Kier alpha value is -2.95. The summed E-state index contributed by atoms with van der Waals surface area (Å²) in [5.74, 6) is 0.755. The molecule has 1 aliphatic carbocycles. The van der Waals surface area contributed by atoms with Gasteiger partial charge in [-0.05, 0) is 56.9 Å². The van der Waals surface area contributed by atoms with E-state index in [0.717, 1.165) is 53.9 Å². The van der Waals surface area contributed by atoms with Crippen LogP contribution < -0.4 is 5.43 Å². The minimum atomic E-state index is -0.203. The van der Waals surface area contributed by atoms with Crippen molar-refractivity contribution in [1.82, 2.24) is 15.0 Å². The molecule has 1 aromatic heterocycles. The Morgan fingerprint density at radius 2 is 2.08 bits per heavy atom. The standard InChI is InChI=1S/C21H22N4O/c1-3-25-14(2)22-19-13-16(11-12-20(19)25)21(26)24-23-18-10-6-8-15-7-4-5-9-17(15)18/h4-5,7,9,11-13H,3,6,8,10H2,1-2H3,(H,24,26). The minimum absolute atomic E-state index is 0.203. The summed E-state index contributed by atoms with van der Waals surface area (Å²) in [6, 6.07) is 13.9.